The van der Waals surface area contributed by atoms with Crippen LogP contribution >= 0.6 is 46.3 Å². The van der Waals surface area contributed by atoms with E-state index in [1.165, 1.54) is 39.8 Å². The molecule has 6 nitrogen and oxygen atoms in total. The van der Waals surface area contributed by atoms with Gasteiger partial charge in [0.15, 0.2) is 5.16 Å². The average Bonchev–Trinajstić information content (AvgIpc) is 3.18. The highest BCUT2D eigenvalue weighted by Crippen LogP contribution is 2.32. The first-order valence-corrected chi connectivity index (χ1v) is 10.9. The molecule has 0 bridgehead atoms. The van der Waals surface area contributed by atoms with Crippen LogP contribution in [0.5, 0.6) is 0 Å². The summed E-state index contributed by atoms with van der Waals surface area (Å²) >= 11 is 15.2. The van der Waals surface area contributed by atoms with Crippen LogP contribution in [0.4, 0.5) is 5.69 Å². The van der Waals surface area contributed by atoms with Crippen molar-refractivity contribution >= 4 is 62.2 Å². The molecule has 0 N–H and O–H groups in total. The molecular weight excluding hydrogens is 453 g/mol. The monoisotopic (exact) mass is 463 g/mol. The van der Waals surface area contributed by atoms with Crippen molar-refractivity contribution in [2.45, 2.75) is 10.9 Å². The van der Waals surface area contributed by atoms with Crippen LogP contribution in [0.25, 0.3) is 15.9 Å². The molecule has 29 heavy (non-hydrogen) atoms. The first kappa shape index (κ1) is 19.9. The van der Waals surface area contributed by atoms with Gasteiger partial charge in [0.2, 0.25) is 0 Å². The zero-order chi connectivity index (χ0) is 20.5. The lowest BCUT2D eigenvalue weighted by atomic mass is 10.2. The van der Waals surface area contributed by atoms with E-state index in [1.54, 1.807) is 36.4 Å². The van der Waals surface area contributed by atoms with Crippen LogP contribution in [-0.2, 0) is 5.75 Å². The summed E-state index contributed by atoms with van der Waals surface area (Å²) < 4.78 is 1.99. The minimum Gasteiger partial charge on any atom is -0.267 e. The number of rotatable bonds is 5. The highest BCUT2D eigenvalue weighted by molar-refractivity contribution is 7.98. The molecule has 0 radical (unpaired) electrons. The normalized spacial score (nSPS) is 11.1. The van der Waals surface area contributed by atoms with Crippen LogP contribution in [0, 0.1) is 10.1 Å². The van der Waals surface area contributed by atoms with E-state index >= 15 is 0 Å². The van der Waals surface area contributed by atoms with Crippen molar-refractivity contribution in [2.24, 2.45) is 0 Å². The van der Waals surface area contributed by atoms with E-state index in [2.05, 4.69) is 4.98 Å². The number of hydrogen-bond acceptors (Lipinski definition) is 6. The van der Waals surface area contributed by atoms with E-state index in [-0.39, 0.29) is 16.3 Å². The Balaban J connectivity index is 1.78. The Kier molecular flexibility index (Phi) is 5.60. The maximum absolute atomic E-state index is 13.1. The summed E-state index contributed by atoms with van der Waals surface area (Å²) in [7, 11) is 0. The number of nitrogens with zero attached hydrogens (tertiary/aromatic N) is 3. The van der Waals surface area contributed by atoms with Gasteiger partial charge in [-0.15, -0.1) is 11.3 Å². The van der Waals surface area contributed by atoms with Gasteiger partial charge in [0.1, 0.15) is 4.70 Å². The van der Waals surface area contributed by atoms with E-state index < -0.39 is 4.92 Å². The number of non-ortho nitro benzene ring substituents is 1. The fourth-order valence-electron chi connectivity index (χ4n) is 2.73. The minimum atomic E-state index is -0.443. The van der Waals surface area contributed by atoms with E-state index in [0.717, 1.165) is 5.56 Å². The second-order valence-corrected chi connectivity index (χ2v) is 8.60. The van der Waals surface area contributed by atoms with E-state index in [4.69, 9.17) is 23.2 Å². The summed E-state index contributed by atoms with van der Waals surface area (Å²) in [6.45, 7) is 0. The number of aromatic nitrogens is 2. The average molecular weight is 464 g/mol. The fourth-order valence-corrected chi connectivity index (χ4v) is 4.83. The van der Waals surface area contributed by atoms with Crippen molar-refractivity contribution in [1.29, 1.82) is 0 Å². The van der Waals surface area contributed by atoms with E-state index in [0.29, 0.717) is 31.8 Å². The molecule has 146 valence electrons. The van der Waals surface area contributed by atoms with Crippen molar-refractivity contribution < 1.29 is 4.92 Å². The summed E-state index contributed by atoms with van der Waals surface area (Å²) in [6, 6.07) is 13.2. The number of fused-ring (bicyclic) bond motifs is 1. The van der Waals surface area contributed by atoms with Gasteiger partial charge in [0, 0.05) is 17.9 Å². The van der Waals surface area contributed by atoms with Crippen molar-refractivity contribution in [2.75, 3.05) is 0 Å². The molecule has 0 aliphatic rings. The minimum absolute atomic E-state index is 0.0270. The third-order valence-corrected chi connectivity index (χ3v) is 6.85. The first-order chi connectivity index (χ1) is 14.0. The number of halogens is 2. The van der Waals surface area contributed by atoms with Crippen molar-refractivity contribution in [1.82, 2.24) is 9.55 Å². The second-order valence-electron chi connectivity index (χ2n) is 5.96. The van der Waals surface area contributed by atoms with Crippen LogP contribution in [0.15, 0.2) is 63.9 Å². The van der Waals surface area contributed by atoms with Gasteiger partial charge in [-0.1, -0.05) is 53.2 Å². The van der Waals surface area contributed by atoms with Gasteiger partial charge in [0.25, 0.3) is 11.2 Å². The van der Waals surface area contributed by atoms with Gasteiger partial charge in [-0.25, -0.2) is 4.98 Å². The topological polar surface area (TPSA) is 78.0 Å². The summed E-state index contributed by atoms with van der Waals surface area (Å²) in [6.07, 6.45) is 0. The molecule has 4 rings (SSSR count). The lowest BCUT2D eigenvalue weighted by molar-refractivity contribution is -0.384. The molecule has 2 heterocycles. The molecule has 0 saturated carbocycles. The van der Waals surface area contributed by atoms with Gasteiger partial charge >= 0.3 is 0 Å². The summed E-state index contributed by atoms with van der Waals surface area (Å²) in [4.78, 5) is 28.2. The molecule has 0 saturated heterocycles. The third kappa shape index (κ3) is 3.89. The standard InChI is InChI=1S/C19H11Cl2N3O3S2/c20-13-2-1-3-15(16(13)21)23-18(25)17-14(8-9-28-17)22-19(23)29-10-11-4-6-12(7-5-11)24(26)27/h1-9H,10H2. The fraction of sp³-hybridized carbons (Fsp3) is 0.0526. The van der Waals surface area contributed by atoms with Gasteiger partial charge in [-0.3, -0.25) is 19.5 Å². The molecule has 0 fully saturated rings. The number of hydrogen-bond donors (Lipinski definition) is 0. The maximum atomic E-state index is 13.1. The van der Waals surface area contributed by atoms with Gasteiger partial charge in [0.05, 0.1) is 26.2 Å². The Bertz CT molecular complexity index is 1290. The molecule has 2 aromatic heterocycles. The Labute approximate surface area is 182 Å². The molecule has 0 amide bonds. The van der Waals surface area contributed by atoms with Crippen molar-refractivity contribution in [3.8, 4) is 5.69 Å². The van der Waals surface area contributed by atoms with E-state index in [1.807, 2.05) is 5.38 Å². The third-order valence-electron chi connectivity index (χ3n) is 4.14. The zero-order valence-corrected chi connectivity index (χ0v) is 17.7. The summed E-state index contributed by atoms with van der Waals surface area (Å²) in [5.74, 6) is 0.470. The first-order valence-electron chi connectivity index (χ1n) is 8.26. The van der Waals surface area contributed by atoms with E-state index in [9.17, 15) is 14.9 Å². The highest BCUT2D eigenvalue weighted by atomic mass is 35.5. The van der Waals surface area contributed by atoms with Crippen LogP contribution in [-0.4, -0.2) is 14.5 Å². The quantitative estimate of drug-likeness (QED) is 0.158. The Morgan fingerprint density at radius 3 is 2.62 bits per heavy atom. The SMILES string of the molecule is O=c1c2sccc2nc(SCc2ccc([N+](=O)[O-])cc2)n1-c1cccc(Cl)c1Cl. The van der Waals surface area contributed by atoms with Crippen LogP contribution in [0.2, 0.25) is 10.0 Å². The molecular formula is C19H11Cl2N3O3S2. The molecule has 10 heteroatoms. The predicted molar refractivity (Wildman–Crippen MR) is 118 cm³/mol. The Morgan fingerprint density at radius 2 is 1.90 bits per heavy atom. The van der Waals surface area contributed by atoms with Gasteiger partial charge in [-0.05, 0) is 29.1 Å². The van der Waals surface area contributed by atoms with Gasteiger partial charge in [-0.2, -0.15) is 0 Å². The summed E-state index contributed by atoms with van der Waals surface area (Å²) in [5.41, 5.74) is 1.74. The predicted octanol–water partition coefficient (Wildman–Crippen LogP) is 5.95. The number of nitro benzene ring substituents is 1. The van der Waals surface area contributed by atoms with Crippen molar-refractivity contribution in [3.63, 3.8) is 0 Å². The molecule has 0 spiro atoms. The highest BCUT2D eigenvalue weighted by Gasteiger charge is 2.17. The molecule has 0 aliphatic carbocycles. The zero-order valence-electron chi connectivity index (χ0n) is 14.5. The number of nitro groups is 1. The second kappa shape index (κ2) is 8.16. The smallest absolute Gasteiger partial charge is 0.267 e. The van der Waals surface area contributed by atoms with Crippen LogP contribution < -0.4 is 5.56 Å². The lowest BCUT2D eigenvalue weighted by Gasteiger charge is -2.14. The Hall–Kier alpha value is -2.39. The maximum Gasteiger partial charge on any atom is 0.276 e. The Morgan fingerprint density at radius 1 is 1.14 bits per heavy atom. The number of thiophene rings is 1. The van der Waals surface area contributed by atoms with Crippen molar-refractivity contribution in [3.05, 3.63) is 90.0 Å². The molecule has 4 aromatic rings. The number of benzene rings is 2. The largest absolute Gasteiger partial charge is 0.276 e. The number of thioether (sulfide) groups is 1. The molecule has 0 atom stereocenters. The van der Waals surface area contributed by atoms with Crippen LogP contribution in [0.3, 0.4) is 0 Å². The van der Waals surface area contributed by atoms with Gasteiger partial charge < -0.3 is 0 Å². The molecule has 2 aromatic carbocycles. The molecule has 0 unspecified atom stereocenters. The molecule has 0 aliphatic heterocycles. The lowest BCUT2D eigenvalue weighted by Crippen LogP contribution is -2.21. The van der Waals surface area contributed by atoms with Crippen LogP contribution in [0.1, 0.15) is 5.56 Å². The summed E-state index contributed by atoms with van der Waals surface area (Å²) in [5, 5.41) is 13.7.